The molecule has 1 heterocycles. The van der Waals surface area contributed by atoms with Gasteiger partial charge in [0.2, 0.25) is 12.0 Å². The van der Waals surface area contributed by atoms with E-state index in [1.165, 1.54) is 7.11 Å². The Morgan fingerprint density at radius 1 is 1.32 bits per heavy atom. The Hall–Kier alpha value is -1.81. The van der Waals surface area contributed by atoms with Crippen LogP contribution in [0.3, 0.4) is 0 Å². The monoisotopic (exact) mass is 262 g/mol. The average molecular weight is 262 g/mol. The molecule has 0 radical (unpaired) electrons. The van der Waals surface area contributed by atoms with Gasteiger partial charge in [0.25, 0.3) is 0 Å². The van der Waals surface area contributed by atoms with Crippen LogP contribution in [0.25, 0.3) is 6.08 Å². The molecule has 1 unspecified atom stereocenters. The standard InChI is InChI=1S/C15H18O4/c1-17-13(11-12-7-3-2-4-8-12)15(16)19-14-9-5-6-10-18-14/h2-4,7-8,11,14H,5-6,9-10H2,1H3. The van der Waals surface area contributed by atoms with Crippen LogP contribution in [0.15, 0.2) is 36.1 Å². The van der Waals surface area contributed by atoms with Crippen LogP contribution < -0.4 is 0 Å². The third-order valence-corrected chi connectivity index (χ3v) is 2.89. The van der Waals surface area contributed by atoms with Crippen LogP contribution in [0.5, 0.6) is 0 Å². The Morgan fingerprint density at radius 2 is 2.11 bits per heavy atom. The highest BCUT2D eigenvalue weighted by molar-refractivity contribution is 5.91. The predicted octanol–water partition coefficient (Wildman–Crippen LogP) is 2.74. The van der Waals surface area contributed by atoms with Crippen molar-refractivity contribution in [2.24, 2.45) is 0 Å². The van der Waals surface area contributed by atoms with Crippen LogP contribution in [0.4, 0.5) is 0 Å². The summed E-state index contributed by atoms with van der Waals surface area (Å²) in [5.74, 6) is -0.307. The van der Waals surface area contributed by atoms with E-state index in [1.807, 2.05) is 30.3 Å². The number of ether oxygens (including phenoxy) is 3. The smallest absolute Gasteiger partial charge is 0.375 e. The summed E-state index contributed by atoms with van der Waals surface area (Å²) in [6, 6.07) is 9.49. The van der Waals surface area contributed by atoms with Crippen LogP contribution in [0.2, 0.25) is 0 Å². The van der Waals surface area contributed by atoms with E-state index in [4.69, 9.17) is 14.2 Å². The first kappa shape index (κ1) is 13.6. The number of hydrogen-bond donors (Lipinski definition) is 0. The summed E-state index contributed by atoms with van der Waals surface area (Å²) in [4.78, 5) is 12.0. The van der Waals surface area contributed by atoms with Crippen molar-refractivity contribution in [1.29, 1.82) is 0 Å². The van der Waals surface area contributed by atoms with Crippen LogP contribution in [-0.2, 0) is 19.0 Å². The van der Waals surface area contributed by atoms with Crippen molar-refractivity contribution >= 4 is 12.0 Å². The van der Waals surface area contributed by atoms with Crippen LogP contribution in [-0.4, -0.2) is 26.0 Å². The molecule has 0 N–H and O–H groups in total. The highest BCUT2D eigenvalue weighted by Crippen LogP contribution is 2.16. The van der Waals surface area contributed by atoms with E-state index in [9.17, 15) is 4.79 Å². The van der Waals surface area contributed by atoms with Crippen LogP contribution >= 0.6 is 0 Å². The highest BCUT2D eigenvalue weighted by Gasteiger charge is 2.21. The van der Waals surface area contributed by atoms with E-state index in [0.717, 1.165) is 24.8 Å². The van der Waals surface area contributed by atoms with Gasteiger partial charge in [-0.2, -0.15) is 0 Å². The molecule has 4 heteroatoms. The Morgan fingerprint density at radius 3 is 2.74 bits per heavy atom. The van der Waals surface area contributed by atoms with Crippen molar-refractivity contribution in [2.45, 2.75) is 25.6 Å². The molecule has 1 aliphatic rings. The van der Waals surface area contributed by atoms with Gasteiger partial charge in [0.15, 0.2) is 0 Å². The molecule has 0 bridgehead atoms. The van der Waals surface area contributed by atoms with Gasteiger partial charge in [0.1, 0.15) is 0 Å². The highest BCUT2D eigenvalue weighted by atomic mass is 16.7. The molecule has 1 aromatic carbocycles. The number of benzene rings is 1. The topological polar surface area (TPSA) is 44.8 Å². The third-order valence-electron chi connectivity index (χ3n) is 2.89. The summed E-state index contributed by atoms with van der Waals surface area (Å²) in [6.45, 7) is 0.642. The van der Waals surface area contributed by atoms with Gasteiger partial charge in [0, 0.05) is 6.42 Å². The molecule has 2 rings (SSSR count). The van der Waals surface area contributed by atoms with Gasteiger partial charge < -0.3 is 14.2 Å². The fourth-order valence-electron chi connectivity index (χ4n) is 1.88. The lowest BCUT2D eigenvalue weighted by atomic mass is 10.2. The summed E-state index contributed by atoms with van der Waals surface area (Å²) in [5.41, 5.74) is 0.890. The molecule has 0 saturated carbocycles. The zero-order chi connectivity index (χ0) is 13.5. The maximum atomic E-state index is 12.0. The van der Waals surface area contributed by atoms with Crippen molar-refractivity contribution in [1.82, 2.24) is 0 Å². The molecule has 19 heavy (non-hydrogen) atoms. The fourth-order valence-corrected chi connectivity index (χ4v) is 1.88. The number of hydrogen-bond acceptors (Lipinski definition) is 4. The minimum Gasteiger partial charge on any atom is -0.490 e. The predicted molar refractivity (Wildman–Crippen MR) is 71.1 cm³/mol. The summed E-state index contributed by atoms with van der Waals surface area (Å²) >= 11 is 0. The van der Waals surface area contributed by atoms with Gasteiger partial charge in [-0.3, -0.25) is 0 Å². The van der Waals surface area contributed by atoms with Crippen molar-refractivity contribution in [2.75, 3.05) is 13.7 Å². The molecule has 0 aliphatic carbocycles. The summed E-state index contributed by atoms with van der Waals surface area (Å²) < 4.78 is 15.7. The van der Waals surface area contributed by atoms with E-state index >= 15 is 0 Å². The zero-order valence-corrected chi connectivity index (χ0v) is 11.0. The summed E-state index contributed by atoms with van der Waals surface area (Å²) in [7, 11) is 1.46. The number of esters is 1. The number of carbonyl (C=O) groups excluding carboxylic acids is 1. The molecule has 1 fully saturated rings. The van der Waals surface area contributed by atoms with Crippen molar-refractivity contribution in [3.63, 3.8) is 0 Å². The van der Waals surface area contributed by atoms with Crippen molar-refractivity contribution < 1.29 is 19.0 Å². The van der Waals surface area contributed by atoms with Gasteiger partial charge in [0.05, 0.1) is 13.7 Å². The molecule has 1 saturated heterocycles. The molecule has 1 aromatic rings. The second kappa shape index (κ2) is 6.95. The Balaban J connectivity index is 2.00. The molecule has 1 aliphatic heterocycles. The van der Waals surface area contributed by atoms with Crippen LogP contribution in [0.1, 0.15) is 24.8 Å². The van der Waals surface area contributed by atoms with E-state index < -0.39 is 12.3 Å². The van der Waals surface area contributed by atoms with E-state index in [2.05, 4.69) is 0 Å². The third kappa shape index (κ3) is 4.10. The first-order chi connectivity index (χ1) is 9.29. The lowest BCUT2D eigenvalue weighted by molar-refractivity contribution is -0.185. The Kier molecular flexibility index (Phi) is 4.98. The zero-order valence-electron chi connectivity index (χ0n) is 11.0. The molecular formula is C15H18O4. The first-order valence-corrected chi connectivity index (χ1v) is 6.43. The lowest BCUT2D eigenvalue weighted by Crippen LogP contribution is -2.26. The fraction of sp³-hybridized carbons (Fsp3) is 0.400. The number of carbonyl (C=O) groups is 1. The summed E-state index contributed by atoms with van der Waals surface area (Å²) in [5, 5.41) is 0. The minimum atomic E-state index is -0.488. The van der Waals surface area contributed by atoms with Crippen LogP contribution in [0, 0.1) is 0 Å². The largest absolute Gasteiger partial charge is 0.490 e. The summed E-state index contributed by atoms with van der Waals surface area (Å²) in [6.07, 6.45) is 3.99. The molecule has 102 valence electrons. The second-order valence-electron chi connectivity index (χ2n) is 4.32. The minimum absolute atomic E-state index is 0.181. The molecule has 4 nitrogen and oxygen atoms in total. The molecule has 0 spiro atoms. The maximum Gasteiger partial charge on any atom is 0.375 e. The maximum absolute atomic E-state index is 12.0. The van der Waals surface area contributed by atoms with Crippen molar-refractivity contribution in [3.8, 4) is 0 Å². The Bertz CT molecular complexity index is 433. The van der Waals surface area contributed by atoms with Crippen molar-refractivity contribution in [3.05, 3.63) is 41.7 Å². The normalized spacial score (nSPS) is 19.8. The quantitative estimate of drug-likeness (QED) is 0.475. The first-order valence-electron chi connectivity index (χ1n) is 6.43. The van der Waals surface area contributed by atoms with E-state index in [0.29, 0.717) is 6.61 Å². The van der Waals surface area contributed by atoms with Gasteiger partial charge in [-0.1, -0.05) is 30.3 Å². The second-order valence-corrected chi connectivity index (χ2v) is 4.32. The van der Waals surface area contributed by atoms with E-state index in [1.54, 1.807) is 6.08 Å². The lowest BCUT2D eigenvalue weighted by Gasteiger charge is -2.22. The molecular weight excluding hydrogens is 244 g/mol. The molecule has 1 atom stereocenters. The average Bonchev–Trinajstić information content (AvgIpc) is 2.47. The van der Waals surface area contributed by atoms with Gasteiger partial charge in [-0.25, -0.2) is 4.79 Å². The number of rotatable bonds is 4. The number of methoxy groups -OCH3 is 1. The van der Waals surface area contributed by atoms with Gasteiger partial charge in [-0.15, -0.1) is 0 Å². The Labute approximate surface area is 113 Å². The van der Waals surface area contributed by atoms with Gasteiger partial charge >= 0.3 is 5.97 Å². The SMILES string of the molecule is COC(=Cc1ccccc1)C(=O)OC1CCCCO1. The molecule has 0 aromatic heterocycles. The molecule has 0 amide bonds. The van der Waals surface area contributed by atoms with Gasteiger partial charge in [-0.05, 0) is 24.5 Å². The van der Waals surface area contributed by atoms with E-state index in [-0.39, 0.29) is 5.76 Å².